The first-order chi connectivity index (χ1) is 5.35. The molecule has 0 rings (SSSR count). The van der Waals surface area contributed by atoms with Crippen molar-refractivity contribution in [3.63, 3.8) is 0 Å². The summed E-state index contributed by atoms with van der Waals surface area (Å²) in [5.74, 6) is 2.02. The van der Waals surface area contributed by atoms with E-state index in [4.69, 9.17) is 0 Å². The van der Waals surface area contributed by atoms with Gasteiger partial charge in [0.2, 0.25) is 0 Å². The Morgan fingerprint density at radius 3 is 2.18 bits per heavy atom. The highest BCUT2D eigenvalue weighted by Gasteiger charge is 2.04. The number of rotatable bonds is 7. The number of thiol groups is 1. The molecule has 0 heterocycles. The zero-order chi connectivity index (χ0) is 8.53. The van der Waals surface area contributed by atoms with E-state index in [0.717, 1.165) is 11.7 Å². The van der Waals surface area contributed by atoms with Crippen molar-refractivity contribution in [1.29, 1.82) is 0 Å². The summed E-state index contributed by atoms with van der Waals surface area (Å²) in [6.45, 7) is 4.54. The van der Waals surface area contributed by atoms with Crippen molar-refractivity contribution in [2.75, 3.05) is 5.75 Å². The van der Waals surface area contributed by atoms with Crippen LogP contribution in [0.25, 0.3) is 0 Å². The molecule has 0 N–H and O–H groups in total. The van der Waals surface area contributed by atoms with Crippen molar-refractivity contribution in [3.8, 4) is 0 Å². The molecule has 1 unspecified atom stereocenters. The van der Waals surface area contributed by atoms with Crippen LogP contribution in [0.2, 0.25) is 0 Å². The second-order valence-corrected chi connectivity index (χ2v) is 3.76. The Balaban J connectivity index is 3.34. The van der Waals surface area contributed by atoms with Crippen LogP contribution in [-0.2, 0) is 0 Å². The second-order valence-electron chi connectivity index (χ2n) is 3.31. The Morgan fingerprint density at radius 1 is 1.00 bits per heavy atom. The Bertz CT molecular complexity index is 65.3. The summed E-state index contributed by atoms with van der Waals surface area (Å²) in [7, 11) is 0. The lowest BCUT2D eigenvalue weighted by Crippen LogP contribution is -2.00. The van der Waals surface area contributed by atoms with Crippen LogP contribution in [0.3, 0.4) is 0 Å². The Hall–Kier alpha value is 0.350. The Labute approximate surface area is 77.2 Å². The molecule has 1 atom stereocenters. The van der Waals surface area contributed by atoms with Gasteiger partial charge >= 0.3 is 0 Å². The molecular weight excluding hydrogens is 152 g/mol. The topological polar surface area (TPSA) is 0 Å². The fraction of sp³-hybridized carbons (Fsp3) is 1.00. The van der Waals surface area contributed by atoms with Gasteiger partial charge in [0.05, 0.1) is 0 Å². The number of hydrogen-bond donors (Lipinski definition) is 1. The fourth-order valence-corrected chi connectivity index (χ4v) is 1.88. The summed E-state index contributed by atoms with van der Waals surface area (Å²) < 4.78 is 0. The van der Waals surface area contributed by atoms with Crippen LogP contribution in [0.5, 0.6) is 0 Å². The van der Waals surface area contributed by atoms with Crippen molar-refractivity contribution >= 4 is 12.6 Å². The SMILES string of the molecule is CCCCC(CCC)CCS. The molecule has 0 aromatic heterocycles. The molecule has 0 aliphatic carbocycles. The van der Waals surface area contributed by atoms with E-state index in [1.807, 2.05) is 0 Å². The van der Waals surface area contributed by atoms with Gasteiger partial charge in [-0.25, -0.2) is 0 Å². The molecule has 0 aliphatic rings. The normalized spacial score (nSPS) is 13.4. The molecule has 0 saturated carbocycles. The highest BCUT2D eigenvalue weighted by molar-refractivity contribution is 7.80. The maximum atomic E-state index is 4.27. The lowest BCUT2D eigenvalue weighted by atomic mass is 9.95. The van der Waals surface area contributed by atoms with Crippen LogP contribution in [0.4, 0.5) is 0 Å². The van der Waals surface area contributed by atoms with Gasteiger partial charge in [-0.05, 0) is 18.1 Å². The summed E-state index contributed by atoms with van der Waals surface area (Å²) in [4.78, 5) is 0. The molecule has 0 fully saturated rings. The second kappa shape index (κ2) is 8.45. The van der Waals surface area contributed by atoms with Gasteiger partial charge in [-0.15, -0.1) is 0 Å². The summed E-state index contributed by atoms with van der Waals surface area (Å²) in [6, 6.07) is 0. The molecule has 0 amide bonds. The summed E-state index contributed by atoms with van der Waals surface area (Å²) >= 11 is 4.27. The fourth-order valence-electron chi connectivity index (χ4n) is 1.52. The summed E-state index contributed by atoms with van der Waals surface area (Å²) in [6.07, 6.45) is 8.22. The van der Waals surface area contributed by atoms with Crippen molar-refractivity contribution in [2.45, 2.75) is 52.4 Å². The van der Waals surface area contributed by atoms with Gasteiger partial charge in [0.25, 0.3) is 0 Å². The van der Waals surface area contributed by atoms with Gasteiger partial charge in [0.1, 0.15) is 0 Å². The van der Waals surface area contributed by atoms with E-state index in [1.54, 1.807) is 0 Å². The van der Waals surface area contributed by atoms with Gasteiger partial charge in [-0.3, -0.25) is 0 Å². The van der Waals surface area contributed by atoms with Crippen LogP contribution in [0.15, 0.2) is 0 Å². The van der Waals surface area contributed by atoms with Crippen molar-refractivity contribution in [1.82, 2.24) is 0 Å². The molecule has 68 valence electrons. The quantitative estimate of drug-likeness (QED) is 0.556. The van der Waals surface area contributed by atoms with E-state index in [0.29, 0.717) is 0 Å². The minimum absolute atomic E-state index is 0.956. The number of unbranched alkanes of at least 4 members (excludes halogenated alkanes) is 1. The monoisotopic (exact) mass is 174 g/mol. The lowest BCUT2D eigenvalue weighted by molar-refractivity contribution is 0.420. The molecule has 0 aliphatic heterocycles. The van der Waals surface area contributed by atoms with E-state index in [-0.39, 0.29) is 0 Å². The average Bonchev–Trinajstić information content (AvgIpc) is 2.01. The first kappa shape index (κ1) is 11.4. The minimum Gasteiger partial charge on any atom is -0.179 e. The maximum Gasteiger partial charge on any atom is -0.00953 e. The predicted molar refractivity (Wildman–Crippen MR) is 56.4 cm³/mol. The van der Waals surface area contributed by atoms with Crippen LogP contribution in [0.1, 0.15) is 52.4 Å². The molecule has 0 aromatic rings. The van der Waals surface area contributed by atoms with Crippen molar-refractivity contribution in [2.24, 2.45) is 5.92 Å². The van der Waals surface area contributed by atoms with Gasteiger partial charge in [-0.2, -0.15) is 12.6 Å². The molecule has 0 spiro atoms. The smallest absolute Gasteiger partial charge is 0.00953 e. The molecule has 0 radical (unpaired) electrons. The molecule has 1 heteroatoms. The average molecular weight is 174 g/mol. The maximum absolute atomic E-state index is 4.27. The van der Waals surface area contributed by atoms with Crippen LogP contribution >= 0.6 is 12.6 Å². The molecule has 0 aromatic carbocycles. The van der Waals surface area contributed by atoms with Gasteiger partial charge in [0.15, 0.2) is 0 Å². The third kappa shape index (κ3) is 6.74. The largest absolute Gasteiger partial charge is 0.179 e. The van der Waals surface area contributed by atoms with Gasteiger partial charge in [-0.1, -0.05) is 46.0 Å². The van der Waals surface area contributed by atoms with Crippen molar-refractivity contribution in [3.05, 3.63) is 0 Å². The molecule has 11 heavy (non-hydrogen) atoms. The van der Waals surface area contributed by atoms with Gasteiger partial charge in [0, 0.05) is 0 Å². The van der Waals surface area contributed by atoms with Crippen LogP contribution in [0, 0.1) is 5.92 Å². The van der Waals surface area contributed by atoms with Crippen LogP contribution in [-0.4, -0.2) is 5.75 Å². The highest BCUT2D eigenvalue weighted by Crippen LogP contribution is 2.18. The first-order valence-electron chi connectivity index (χ1n) is 4.96. The van der Waals surface area contributed by atoms with Gasteiger partial charge < -0.3 is 0 Å². The standard InChI is InChI=1S/C10H22S/c1-3-5-7-10(6-4-2)8-9-11/h10-11H,3-9H2,1-2H3. The molecule has 0 saturated heterocycles. The van der Waals surface area contributed by atoms with E-state index in [9.17, 15) is 0 Å². The summed E-state index contributed by atoms with van der Waals surface area (Å²) in [5.41, 5.74) is 0. The third-order valence-corrected chi connectivity index (χ3v) is 2.46. The lowest BCUT2D eigenvalue weighted by Gasteiger charge is -2.13. The Morgan fingerprint density at radius 2 is 1.73 bits per heavy atom. The zero-order valence-corrected chi connectivity index (χ0v) is 8.87. The molecular formula is C10H22S. The van der Waals surface area contributed by atoms with E-state index < -0.39 is 0 Å². The highest BCUT2D eigenvalue weighted by atomic mass is 32.1. The first-order valence-corrected chi connectivity index (χ1v) is 5.59. The van der Waals surface area contributed by atoms with E-state index >= 15 is 0 Å². The molecule has 0 nitrogen and oxygen atoms in total. The molecule has 0 bridgehead atoms. The summed E-state index contributed by atoms with van der Waals surface area (Å²) in [5, 5.41) is 0. The third-order valence-electron chi connectivity index (χ3n) is 2.20. The zero-order valence-electron chi connectivity index (χ0n) is 7.97. The van der Waals surface area contributed by atoms with Crippen molar-refractivity contribution < 1.29 is 0 Å². The van der Waals surface area contributed by atoms with Crippen LogP contribution < -0.4 is 0 Å². The van der Waals surface area contributed by atoms with E-state index in [2.05, 4.69) is 26.5 Å². The number of hydrogen-bond acceptors (Lipinski definition) is 1. The predicted octanol–water partition coefficient (Wildman–Crippen LogP) is 3.91. The Kier molecular flexibility index (Phi) is 8.72. The minimum atomic E-state index is 0.956. The van der Waals surface area contributed by atoms with E-state index in [1.165, 1.54) is 38.5 Å².